The van der Waals surface area contributed by atoms with Crippen LogP contribution in [0.5, 0.6) is 0 Å². The van der Waals surface area contributed by atoms with Crippen molar-refractivity contribution in [3.63, 3.8) is 0 Å². The van der Waals surface area contributed by atoms with E-state index in [0.29, 0.717) is 5.56 Å². The number of benzene rings is 2. The summed E-state index contributed by atoms with van der Waals surface area (Å²) in [6.45, 7) is 5.44. The highest BCUT2D eigenvalue weighted by molar-refractivity contribution is 5.95. The SMILES string of the molecule is CC(=O)c1cnn(-c2ccccc2)c1C.Cc1c(C=CC(=O)N(C)C)cnn1-c1ccccc1. The molecule has 2 aromatic heterocycles. The first-order valence-electron chi connectivity index (χ1n) is 10.9. The normalized spacial score (nSPS) is 10.6. The highest BCUT2D eigenvalue weighted by Crippen LogP contribution is 2.15. The first-order chi connectivity index (χ1) is 16.3. The van der Waals surface area contributed by atoms with Gasteiger partial charge < -0.3 is 4.90 Å². The van der Waals surface area contributed by atoms with E-state index in [2.05, 4.69) is 10.2 Å². The molecule has 0 bridgehead atoms. The van der Waals surface area contributed by atoms with Crippen LogP contribution in [0.25, 0.3) is 17.5 Å². The van der Waals surface area contributed by atoms with E-state index in [1.165, 1.54) is 4.90 Å². The molecule has 0 unspecified atom stereocenters. The van der Waals surface area contributed by atoms with Gasteiger partial charge in [0, 0.05) is 31.4 Å². The van der Waals surface area contributed by atoms with Gasteiger partial charge in [0.1, 0.15) is 0 Å². The summed E-state index contributed by atoms with van der Waals surface area (Å²) in [5.74, 6) is 0.0153. The Kier molecular flexibility index (Phi) is 7.92. The van der Waals surface area contributed by atoms with Crippen molar-refractivity contribution >= 4 is 17.8 Å². The van der Waals surface area contributed by atoms with E-state index >= 15 is 0 Å². The van der Waals surface area contributed by atoms with Gasteiger partial charge in [-0.05, 0) is 51.1 Å². The number of aromatic nitrogens is 4. The molecule has 0 aliphatic rings. The predicted octanol–water partition coefficient (Wildman–Crippen LogP) is 4.67. The molecule has 2 aromatic carbocycles. The first-order valence-corrected chi connectivity index (χ1v) is 10.9. The maximum Gasteiger partial charge on any atom is 0.246 e. The fourth-order valence-corrected chi connectivity index (χ4v) is 3.31. The summed E-state index contributed by atoms with van der Waals surface area (Å²) in [5, 5.41) is 8.55. The zero-order valence-corrected chi connectivity index (χ0v) is 20.1. The van der Waals surface area contributed by atoms with Crippen molar-refractivity contribution in [2.45, 2.75) is 20.8 Å². The molecule has 0 atom stereocenters. The number of nitrogens with zero attached hydrogens (tertiary/aromatic N) is 5. The molecule has 1 amide bonds. The van der Waals surface area contributed by atoms with Crippen LogP contribution < -0.4 is 0 Å². The van der Waals surface area contributed by atoms with E-state index in [-0.39, 0.29) is 11.7 Å². The highest BCUT2D eigenvalue weighted by Gasteiger charge is 2.10. The zero-order chi connectivity index (χ0) is 24.7. The van der Waals surface area contributed by atoms with Crippen molar-refractivity contribution < 1.29 is 9.59 Å². The van der Waals surface area contributed by atoms with Crippen LogP contribution in [0.3, 0.4) is 0 Å². The molecule has 34 heavy (non-hydrogen) atoms. The second-order valence-electron chi connectivity index (χ2n) is 7.95. The van der Waals surface area contributed by atoms with Crippen LogP contribution in [-0.4, -0.2) is 50.2 Å². The first kappa shape index (κ1) is 24.4. The molecule has 7 nitrogen and oxygen atoms in total. The zero-order valence-electron chi connectivity index (χ0n) is 20.1. The molecule has 0 fully saturated rings. The van der Waals surface area contributed by atoms with Gasteiger partial charge in [-0.1, -0.05) is 36.4 Å². The summed E-state index contributed by atoms with van der Waals surface area (Å²) in [6, 6.07) is 19.7. The molecule has 2 heterocycles. The minimum Gasteiger partial charge on any atom is -0.345 e. The molecule has 0 aliphatic carbocycles. The Bertz CT molecular complexity index is 1290. The molecule has 0 radical (unpaired) electrons. The molecule has 0 aliphatic heterocycles. The van der Waals surface area contributed by atoms with Gasteiger partial charge in [0.05, 0.1) is 35.0 Å². The quantitative estimate of drug-likeness (QED) is 0.324. The van der Waals surface area contributed by atoms with Gasteiger partial charge in [-0.25, -0.2) is 9.36 Å². The Morgan fingerprint density at radius 3 is 1.76 bits per heavy atom. The lowest BCUT2D eigenvalue weighted by Gasteiger charge is -2.05. The lowest BCUT2D eigenvalue weighted by molar-refractivity contribution is -0.123. The smallest absolute Gasteiger partial charge is 0.246 e. The molecule has 4 rings (SSSR count). The molecule has 0 saturated heterocycles. The summed E-state index contributed by atoms with van der Waals surface area (Å²) in [6.07, 6.45) is 6.73. The molecule has 7 heteroatoms. The predicted molar refractivity (Wildman–Crippen MR) is 134 cm³/mol. The number of rotatable bonds is 5. The van der Waals surface area contributed by atoms with Crippen molar-refractivity contribution in [3.8, 4) is 11.4 Å². The third-order valence-electron chi connectivity index (χ3n) is 5.28. The number of para-hydroxylation sites is 2. The Hall–Kier alpha value is -4.26. The third-order valence-corrected chi connectivity index (χ3v) is 5.28. The number of hydrogen-bond donors (Lipinski definition) is 0. The van der Waals surface area contributed by atoms with Crippen molar-refractivity contribution in [2.75, 3.05) is 14.1 Å². The van der Waals surface area contributed by atoms with Gasteiger partial charge in [0.15, 0.2) is 5.78 Å². The topological polar surface area (TPSA) is 73.0 Å². The van der Waals surface area contributed by atoms with Gasteiger partial charge >= 0.3 is 0 Å². The van der Waals surface area contributed by atoms with E-state index in [1.807, 2.05) is 79.2 Å². The second-order valence-corrected chi connectivity index (χ2v) is 7.95. The van der Waals surface area contributed by atoms with Crippen LogP contribution in [-0.2, 0) is 4.79 Å². The number of Topliss-reactive ketones (excluding diaryl/α,β-unsaturated/α-hetero) is 1. The van der Waals surface area contributed by atoms with Crippen molar-refractivity contribution in [2.24, 2.45) is 0 Å². The molecule has 0 spiro atoms. The maximum atomic E-state index is 11.5. The largest absolute Gasteiger partial charge is 0.345 e. The molecule has 0 saturated carbocycles. The second kappa shape index (κ2) is 11.0. The van der Waals surface area contributed by atoms with E-state index in [9.17, 15) is 9.59 Å². The summed E-state index contributed by atoms with van der Waals surface area (Å²) >= 11 is 0. The average Bonchev–Trinajstić information content (AvgIpc) is 3.41. The Balaban J connectivity index is 0.000000196. The standard InChI is InChI=1S/C15H17N3O.C12H12N2O/c1-12-13(9-10-15(19)17(2)3)11-16-18(12)14-7-5-4-6-8-14;1-9-12(10(2)15)8-13-14(9)11-6-4-3-5-7-11/h4-11H,1-3H3;3-8H,1-2H3. The molecule has 4 aromatic rings. The van der Waals surface area contributed by atoms with Crippen LogP contribution in [0, 0.1) is 13.8 Å². The van der Waals surface area contributed by atoms with Crippen molar-refractivity contribution in [3.05, 3.63) is 102 Å². The van der Waals surface area contributed by atoms with Gasteiger partial charge in [0.25, 0.3) is 0 Å². The van der Waals surface area contributed by atoms with Crippen LogP contribution in [0.15, 0.2) is 79.1 Å². The van der Waals surface area contributed by atoms with E-state index in [0.717, 1.165) is 28.3 Å². The highest BCUT2D eigenvalue weighted by atomic mass is 16.2. The molecular formula is C27H29N5O2. The maximum absolute atomic E-state index is 11.5. The number of ketones is 1. The number of likely N-dealkylation sites (N-methyl/N-ethyl adjacent to an activating group) is 1. The van der Waals surface area contributed by atoms with Gasteiger partial charge in [-0.3, -0.25) is 9.59 Å². The summed E-state index contributed by atoms with van der Waals surface area (Å²) in [5.41, 5.74) is 5.50. The Labute approximate surface area is 200 Å². The van der Waals surface area contributed by atoms with Crippen LogP contribution in [0.4, 0.5) is 0 Å². The fourth-order valence-electron chi connectivity index (χ4n) is 3.31. The summed E-state index contributed by atoms with van der Waals surface area (Å²) < 4.78 is 3.64. The minimum absolute atomic E-state index is 0.0353. The number of carbonyl (C=O) groups excluding carboxylic acids is 2. The third kappa shape index (κ3) is 5.75. The van der Waals surface area contributed by atoms with E-state index in [4.69, 9.17) is 0 Å². The van der Waals surface area contributed by atoms with E-state index < -0.39 is 0 Å². The van der Waals surface area contributed by atoms with Crippen LogP contribution in [0.2, 0.25) is 0 Å². The number of amides is 1. The lowest BCUT2D eigenvalue weighted by Crippen LogP contribution is -2.18. The molecule has 0 N–H and O–H groups in total. The van der Waals surface area contributed by atoms with E-state index in [1.54, 1.807) is 50.2 Å². The van der Waals surface area contributed by atoms with Crippen LogP contribution >= 0.6 is 0 Å². The minimum atomic E-state index is -0.0353. The fraction of sp³-hybridized carbons (Fsp3) is 0.185. The van der Waals surface area contributed by atoms with Gasteiger partial charge in [0.2, 0.25) is 5.91 Å². The molecule has 174 valence electrons. The molecular weight excluding hydrogens is 426 g/mol. The number of carbonyl (C=O) groups is 2. The Morgan fingerprint density at radius 1 is 0.794 bits per heavy atom. The van der Waals surface area contributed by atoms with Crippen molar-refractivity contribution in [1.82, 2.24) is 24.5 Å². The monoisotopic (exact) mass is 455 g/mol. The average molecular weight is 456 g/mol. The number of hydrogen-bond acceptors (Lipinski definition) is 4. The van der Waals surface area contributed by atoms with Crippen LogP contribution in [0.1, 0.15) is 34.2 Å². The van der Waals surface area contributed by atoms with Gasteiger partial charge in [-0.2, -0.15) is 10.2 Å². The van der Waals surface area contributed by atoms with Crippen molar-refractivity contribution in [1.29, 1.82) is 0 Å². The Morgan fingerprint density at radius 2 is 1.29 bits per heavy atom. The summed E-state index contributed by atoms with van der Waals surface area (Å²) in [7, 11) is 3.46. The lowest BCUT2D eigenvalue weighted by atomic mass is 10.2. The summed E-state index contributed by atoms with van der Waals surface area (Å²) in [4.78, 5) is 24.3. The van der Waals surface area contributed by atoms with Gasteiger partial charge in [-0.15, -0.1) is 0 Å².